The minimum absolute atomic E-state index is 0.0460. The van der Waals surface area contributed by atoms with Crippen LogP contribution >= 0.6 is 11.6 Å². The number of hydrogen-bond donors (Lipinski definition) is 0. The van der Waals surface area contributed by atoms with Crippen LogP contribution in [0.5, 0.6) is 0 Å². The standard InChI is InChI=1S/C21H21ClN6O2/c1-13-24-20(30-26-13)9-14-12-28(7-8-29-14)19-10-15(16(22)11-23-19)21-25-17-5-3-4-6-18(17)27(21)2/h3-6,10-11,14H,7-9,12H2,1-2H3. The molecule has 0 aliphatic carbocycles. The van der Waals surface area contributed by atoms with Crippen LogP contribution in [0.15, 0.2) is 41.1 Å². The van der Waals surface area contributed by atoms with E-state index in [1.165, 1.54) is 0 Å². The van der Waals surface area contributed by atoms with Gasteiger partial charge in [0.25, 0.3) is 0 Å². The van der Waals surface area contributed by atoms with Crippen LogP contribution in [-0.4, -0.2) is 50.5 Å². The highest BCUT2D eigenvalue weighted by atomic mass is 35.5. The van der Waals surface area contributed by atoms with Gasteiger partial charge in [-0.25, -0.2) is 9.97 Å². The van der Waals surface area contributed by atoms with Crippen LogP contribution in [0.2, 0.25) is 5.02 Å². The molecule has 1 fully saturated rings. The van der Waals surface area contributed by atoms with E-state index < -0.39 is 0 Å². The Bertz CT molecular complexity index is 1200. The Labute approximate surface area is 178 Å². The van der Waals surface area contributed by atoms with Crippen LogP contribution in [0.25, 0.3) is 22.4 Å². The van der Waals surface area contributed by atoms with Crippen molar-refractivity contribution in [2.45, 2.75) is 19.4 Å². The number of para-hydroxylation sites is 2. The number of halogens is 1. The Hall–Kier alpha value is -2.97. The average molecular weight is 425 g/mol. The van der Waals surface area contributed by atoms with Crippen molar-refractivity contribution in [3.63, 3.8) is 0 Å². The van der Waals surface area contributed by atoms with E-state index in [0.29, 0.717) is 36.3 Å². The number of aromatic nitrogens is 5. The first-order chi connectivity index (χ1) is 14.6. The molecule has 3 aromatic heterocycles. The van der Waals surface area contributed by atoms with E-state index in [1.54, 1.807) is 13.1 Å². The molecule has 154 valence electrons. The van der Waals surface area contributed by atoms with Gasteiger partial charge in [0, 0.05) is 31.9 Å². The Balaban J connectivity index is 1.43. The molecular formula is C21H21ClN6O2. The third kappa shape index (κ3) is 3.53. The van der Waals surface area contributed by atoms with Gasteiger partial charge in [0.2, 0.25) is 5.89 Å². The molecule has 4 heterocycles. The summed E-state index contributed by atoms with van der Waals surface area (Å²) < 4.78 is 13.2. The molecule has 1 saturated heterocycles. The number of pyridine rings is 1. The van der Waals surface area contributed by atoms with E-state index in [2.05, 4.69) is 24.6 Å². The molecule has 0 radical (unpaired) electrons. The van der Waals surface area contributed by atoms with Crippen LogP contribution < -0.4 is 4.90 Å². The zero-order chi connectivity index (χ0) is 20.7. The van der Waals surface area contributed by atoms with Crippen LogP contribution in [0.1, 0.15) is 11.7 Å². The minimum Gasteiger partial charge on any atom is -0.374 e. The fourth-order valence-corrected chi connectivity index (χ4v) is 4.01. The Kier molecular flexibility index (Phi) is 4.88. The molecule has 1 aliphatic heterocycles. The predicted molar refractivity (Wildman–Crippen MR) is 114 cm³/mol. The average Bonchev–Trinajstić information content (AvgIpc) is 3.31. The zero-order valence-corrected chi connectivity index (χ0v) is 17.5. The minimum atomic E-state index is -0.0460. The van der Waals surface area contributed by atoms with E-state index in [-0.39, 0.29) is 6.10 Å². The summed E-state index contributed by atoms with van der Waals surface area (Å²) in [6.45, 7) is 3.83. The fourth-order valence-electron chi connectivity index (χ4n) is 3.83. The van der Waals surface area contributed by atoms with Crippen molar-refractivity contribution in [1.29, 1.82) is 0 Å². The lowest BCUT2D eigenvalue weighted by Crippen LogP contribution is -2.43. The molecule has 1 unspecified atom stereocenters. The van der Waals surface area contributed by atoms with Crippen LogP contribution in [0, 0.1) is 6.92 Å². The lowest BCUT2D eigenvalue weighted by Gasteiger charge is -2.33. The number of ether oxygens (including phenoxy) is 1. The summed E-state index contributed by atoms with van der Waals surface area (Å²) >= 11 is 6.52. The number of morpholine rings is 1. The van der Waals surface area contributed by atoms with Gasteiger partial charge in [0.15, 0.2) is 5.82 Å². The maximum Gasteiger partial charge on any atom is 0.229 e. The van der Waals surface area contributed by atoms with Crippen molar-refractivity contribution in [2.75, 3.05) is 24.6 Å². The highest BCUT2D eigenvalue weighted by Gasteiger charge is 2.25. The van der Waals surface area contributed by atoms with E-state index in [1.807, 2.05) is 37.4 Å². The van der Waals surface area contributed by atoms with Gasteiger partial charge in [0.1, 0.15) is 11.6 Å². The molecule has 9 heteroatoms. The molecule has 0 bridgehead atoms. The number of anilines is 1. The molecule has 1 aromatic carbocycles. The van der Waals surface area contributed by atoms with E-state index in [4.69, 9.17) is 25.8 Å². The van der Waals surface area contributed by atoms with Crippen molar-refractivity contribution in [3.05, 3.63) is 53.3 Å². The number of hydrogen-bond acceptors (Lipinski definition) is 7. The molecule has 30 heavy (non-hydrogen) atoms. The van der Waals surface area contributed by atoms with Gasteiger partial charge in [-0.15, -0.1) is 0 Å². The van der Waals surface area contributed by atoms with E-state index in [9.17, 15) is 0 Å². The summed E-state index contributed by atoms with van der Waals surface area (Å²) in [5.41, 5.74) is 2.85. The first kappa shape index (κ1) is 19.0. The van der Waals surface area contributed by atoms with Crippen molar-refractivity contribution >= 4 is 28.5 Å². The second-order valence-corrected chi connectivity index (χ2v) is 7.79. The van der Waals surface area contributed by atoms with Crippen LogP contribution in [-0.2, 0) is 18.2 Å². The molecule has 1 aliphatic rings. The summed E-state index contributed by atoms with van der Waals surface area (Å²) in [4.78, 5) is 15.8. The number of nitrogens with zero attached hydrogens (tertiary/aromatic N) is 6. The SMILES string of the molecule is Cc1noc(CC2CN(c3cc(-c4nc5ccccc5n4C)c(Cl)cn3)CCO2)n1. The van der Waals surface area contributed by atoms with Crippen molar-refractivity contribution in [3.8, 4) is 11.4 Å². The summed E-state index contributed by atoms with van der Waals surface area (Å²) in [6, 6.07) is 10.0. The second kappa shape index (κ2) is 7.70. The van der Waals surface area contributed by atoms with Gasteiger partial charge >= 0.3 is 0 Å². The van der Waals surface area contributed by atoms with Gasteiger partial charge in [-0.05, 0) is 25.1 Å². The van der Waals surface area contributed by atoms with E-state index in [0.717, 1.165) is 34.8 Å². The van der Waals surface area contributed by atoms with Crippen molar-refractivity contribution < 1.29 is 9.26 Å². The van der Waals surface area contributed by atoms with Gasteiger partial charge in [0.05, 0.1) is 35.2 Å². The highest BCUT2D eigenvalue weighted by molar-refractivity contribution is 6.33. The Morgan fingerprint density at radius 2 is 2.10 bits per heavy atom. The number of rotatable bonds is 4. The first-order valence-corrected chi connectivity index (χ1v) is 10.2. The highest BCUT2D eigenvalue weighted by Crippen LogP contribution is 2.32. The third-order valence-electron chi connectivity index (χ3n) is 5.30. The maximum atomic E-state index is 6.52. The molecular weight excluding hydrogens is 404 g/mol. The Morgan fingerprint density at radius 3 is 2.90 bits per heavy atom. The van der Waals surface area contributed by atoms with E-state index >= 15 is 0 Å². The quantitative estimate of drug-likeness (QED) is 0.496. The Morgan fingerprint density at radius 1 is 1.23 bits per heavy atom. The van der Waals surface area contributed by atoms with Gasteiger partial charge < -0.3 is 18.7 Å². The lowest BCUT2D eigenvalue weighted by atomic mass is 10.2. The van der Waals surface area contributed by atoms with Crippen LogP contribution in [0.3, 0.4) is 0 Å². The molecule has 0 saturated carbocycles. The smallest absolute Gasteiger partial charge is 0.229 e. The molecule has 0 N–H and O–H groups in total. The molecule has 0 spiro atoms. The predicted octanol–water partition coefficient (Wildman–Crippen LogP) is 3.43. The zero-order valence-electron chi connectivity index (χ0n) is 16.7. The van der Waals surface area contributed by atoms with Gasteiger partial charge in [-0.2, -0.15) is 4.98 Å². The number of aryl methyl sites for hydroxylation is 2. The molecule has 0 amide bonds. The van der Waals surface area contributed by atoms with Crippen molar-refractivity contribution in [1.82, 2.24) is 24.7 Å². The summed E-state index contributed by atoms with van der Waals surface area (Å²) in [5, 5.41) is 4.42. The number of imidazole rings is 1. The largest absolute Gasteiger partial charge is 0.374 e. The molecule has 1 atom stereocenters. The molecule has 8 nitrogen and oxygen atoms in total. The van der Waals surface area contributed by atoms with Gasteiger partial charge in [-0.1, -0.05) is 28.9 Å². The maximum absolute atomic E-state index is 6.52. The monoisotopic (exact) mass is 424 g/mol. The second-order valence-electron chi connectivity index (χ2n) is 7.38. The van der Waals surface area contributed by atoms with Crippen LogP contribution in [0.4, 0.5) is 5.82 Å². The molecule has 5 rings (SSSR count). The third-order valence-corrected chi connectivity index (χ3v) is 5.60. The first-order valence-electron chi connectivity index (χ1n) is 9.81. The number of benzene rings is 1. The van der Waals surface area contributed by atoms with Crippen molar-refractivity contribution in [2.24, 2.45) is 7.05 Å². The summed E-state index contributed by atoms with van der Waals surface area (Å²) in [7, 11) is 2.00. The normalized spacial score (nSPS) is 17.0. The number of fused-ring (bicyclic) bond motifs is 1. The fraction of sp³-hybridized carbons (Fsp3) is 0.333. The van der Waals surface area contributed by atoms with Gasteiger partial charge in [-0.3, -0.25) is 0 Å². The molecule has 4 aromatic rings. The lowest BCUT2D eigenvalue weighted by molar-refractivity contribution is 0.0359. The topological polar surface area (TPSA) is 82.1 Å². The summed E-state index contributed by atoms with van der Waals surface area (Å²) in [6.07, 6.45) is 2.22. The summed E-state index contributed by atoms with van der Waals surface area (Å²) in [5.74, 6) is 2.88.